The van der Waals surface area contributed by atoms with Crippen LogP contribution in [0.1, 0.15) is 0 Å². The molecule has 0 aliphatic rings. The van der Waals surface area contributed by atoms with Crippen LogP contribution in [0.25, 0.3) is 11.0 Å². The number of carbonyl (C=O) groups is 1. The first-order valence-electron chi connectivity index (χ1n) is 3.49. The van der Waals surface area contributed by atoms with Crippen molar-refractivity contribution in [2.75, 3.05) is 0 Å². The molecule has 2 rings (SSSR count). The highest BCUT2D eigenvalue weighted by molar-refractivity contribution is 5.72. The number of rotatable bonds is 0. The number of nitrogens with two attached hydrogens (primary N) is 2. The number of urea groups is 1. The average molecular weight is 179 g/mol. The monoisotopic (exact) mass is 179 g/mol. The molecule has 13 heavy (non-hydrogen) atoms. The third-order valence-electron chi connectivity index (χ3n) is 1.21. The van der Waals surface area contributed by atoms with Crippen LogP contribution >= 0.6 is 0 Å². The van der Waals surface area contributed by atoms with Crippen LogP contribution in [-0.2, 0) is 0 Å². The number of carbonyl (C=O) groups excluding carboxylic acids is 1. The maximum absolute atomic E-state index is 9.00. The van der Waals surface area contributed by atoms with Gasteiger partial charge in [0.15, 0.2) is 0 Å². The van der Waals surface area contributed by atoms with Crippen LogP contribution in [0.5, 0.6) is 0 Å². The first kappa shape index (κ1) is 8.98. The van der Waals surface area contributed by atoms with Gasteiger partial charge in [-0.25, -0.2) is 4.79 Å². The van der Waals surface area contributed by atoms with Crippen molar-refractivity contribution in [3.05, 3.63) is 24.5 Å². The van der Waals surface area contributed by atoms with Gasteiger partial charge in [0, 0.05) is 6.20 Å². The summed E-state index contributed by atoms with van der Waals surface area (Å²) in [7, 11) is 0. The largest absolute Gasteiger partial charge is 0.352 e. The van der Waals surface area contributed by atoms with Gasteiger partial charge in [0.1, 0.15) is 5.52 Å². The van der Waals surface area contributed by atoms with E-state index in [9.17, 15) is 0 Å². The van der Waals surface area contributed by atoms with E-state index in [1.807, 2.05) is 12.1 Å². The van der Waals surface area contributed by atoms with E-state index in [1.54, 1.807) is 12.4 Å². The molecule has 68 valence electrons. The van der Waals surface area contributed by atoms with Crippen molar-refractivity contribution in [1.29, 1.82) is 0 Å². The molecule has 0 unspecified atom stereocenters. The molecule has 2 heterocycles. The zero-order valence-corrected chi connectivity index (χ0v) is 6.77. The number of pyridine rings is 1. The predicted molar refractivity (Wildman–Crippen MR) is 47.7 cm³/mol. The second-order valence-electron chi connectivity index (χ2n) is 2.21. The topological polar surface area (TPSA) is 111 Å². The van der Waals surface area contributed by atoms with Crippen LogP contribution in [0.3, 0.4) is 0 Å². The molecule has 0 fully saturated rings. The van der Waals surface area contributed by atoms with Gasteiger partial charge in [-0.05, 0) is 12.1 Å². The molecular formula is C7H9N5O. The summed E-state index contributed by atoms with van der Waals surface area (Å²) in [6, 6.07) is 2.98. The normalized spacial score (nSPS) is 8.92. The number of nitrogens with zero attached hydrogens (tertiary/aromatic N) is 2. The quantitative estimate of drug-likeness (QED) is 0.528. The van der Waals surface area contributed by atoms with Crippen molar-refractivity contribution in [2.24, 2.45) is 11.5 Å². The number of hydrogen-bond acceptors (Lipinski definition) is 3. The maximum atomic E-state index is 9.00. The number of aromatic nitrogens is 3. The van der Waals surface area contributed by atoms with Crippen molar-refractivity contribution in [3.8, 4) is 0 Å². The Balaban J connectivity index is 0.000000184. The second-order valence-corrected chi connectivity index (χ2v) is 2.21. The summed E-state index contributed by atoms with van der Waals surface area (Å²) < 4.78 is 0. The molecule has 2 aromatic heterocycles. The summed E-state index contributed by atoms with van der Waals surface area (Å²) in [5.74, 6) is 0. The zero-order chi connectivity index (χ0) is 9.68. The fraction of sp³-hybridized carbons (Fsp3) is 0. The lowest BCUT2D eigenvalue weighted by molar-refractivity contribution is 0.256. The Hall–Kier alpha value is -2.11. The molecule has 0 aromatic carbocycles. The van der Waals surface area contributed by atoms with Gasteiger partial charge in [0.2, 0.25) is 0 Å². The summed E-state index contributed by atoms with van der Waals surface area (Å²) in [6.07, 6.45) is 3.45. The van der Waals surface area contributed by atoms with Crippen molar-refractivity contribution < 1.29 is 4.79 Å². The number of primary amides is 2. The predicted octanol–water partition coefficient (Wildman–Crippen LogP) is -0.0183. The van der Waals surface area contributed by atoms with Gasteiger partial charge in [-0.2, -0.15) is 5.10 Å². The highest BCUT2D eigenvalue weighted by Gasteiger charge is 1.89. The smallest absolute Gasteiger partial charge is 0.309 e. The van der Waals surface area contributed by atoms with E-state index in [-0.39, 0.29) is 0 Å². The Morgan fingerprint density at radius 2 is 2.15 bits per heavy atom. The number of amides is 2. The molecule has 6 nitrogen and oxygen atoms in total. The first-order chi connectivity index (χ1) is 6.20. The van der Waals surface area contributed by atoms with E-state index < -0.39 is 6.03 Å². The summed E-state index contributed by atoms with van der Waals surface area (Å²) in [5, 5.41) is 6.62. The van der Waals surface area contributed by atoms with Gasteiger partial charge in [0.25, 0.3) is 0 Å². The van der Waals surface area contributed by atoms with Crippen LogP contribution in [0.15, 0.2) is 24.5 Å². The van der Waals surface area contributed by atoms with Crippen LogP contribution in [0.4, 0.5) is 4.79 Å². The van der Waals surface area contributed by atoms with Crippen molar-refractivity contribution in [2.45, 2.75) is 0 Å². The van der Waals surface area contributed by atoms with Gasteiger partial charge in [-0.1, -0.05) is 0 Å². The number of hydrogen-bond donors (Lipinski definition) is 3. The van der Waals surface area contributed by atoms with E-state index in [2.05, 4.69) is 26.6 Å². The third kappa shape index (κ3) is 2.78. The highest BCUT2D eigenvalue weighted by atomic mass is 16.2. The number of H-pyrrole nitrogens is 1. The average Bonchev–Trinajstić information content (AvgIpc) is 2.49. The molecule has 6 heteroatoms. The van der Waals surface area contributed by atoms with E-state index in [0.717, 1.165) is 11.0 Å². The zero-order valence-electron chi connectivity index (χ0n) is 6.77. The van der Waals surface area contributed by atoms with Crippen molar-refractivity contribution in [3.63, 3.8) is 0 Å². The Labute approximate surface area is 73.9 Å². The van der Waals surface area contributed by atoms with E-state index >= 15 is 0 Å². The van der Waals surface area contributed by atoms with Crippen LogP contribution < -0.4 is 11.5 Å². The minimum Gasteiger partial charge on any atom is -0.352 e. The Bertz CT molecular complexity index is 362. The lowest BCUT2D eigenvalue weighted by atomic mass is 10.4. The first-order valence-corrected chi connectivity index (χ1v) is 3.49. The van der Waals surface area contributed by atoms with Gasteiger partial charge in [-0.15, -0.1) is 0 Å². The summed E-state index contributed by atoms with van der Waals surface area (Å²) in [6.45, 7) is 0. The molecule has 0 saturated heterocycles. The molecule has 2 aromatic rings. The third-order valence-corrected chi connectivity index (χ3v) is 1.21. The van der Waals surface area contributed by atoms with Crippen LogP contribution in [0.2, 0.25) is 0 Å². The van der Waals surface area contributed by atoms with Gasteiger partial charge in [0.05, 0.1) is 11.7 Å². The van der Waals surface area contributed by atoms with E-state index in [0.29, 0.717) is 0 Å². The van der Waals surface area contributed by atoms with Crippen LogP contribution in [0, 0.1) is 0 Å². The minimum absolute atomic E-state index is 0.833. The minimum atomic E-state index is -0.833. The fourth-order valence-electron chi connectivity index (χ4n) is 0.778. The maximum Gasteiger partial charge on any atom is 0.309 e. The van der Waals surface area contributed by atoms with Crippen molar-refractivity contribution in [1.82, 2.24) is 15.2 Å². The molecule has 5 N–H and O–H groups in total. The number of nitrogens with one attached hydrogen (secondary N) is 1. The lowest BCUT2D eigenvalue weighted by Gasteiger charge is -1.80. The fourth-order valence-corrected chi connectivity index (χ4v) is 0.778. The Morgan fingerprint density at radius 1 is 1.46 bits per heavy atom. The molecule has 0 radical (unpaired) electrons. The molecule has 0 aliphatic heterocycles. The lowest BCUT2D eigenvalue weighted by Crippen LogP contribution is -2.18. The summed E-state index contributed by atoms with van der Waals surface area (Å²) in [5.41, 5.74) is 10.4. The van der Waals surface area contributed by atoms with Gasteiger partial charge in [-0.3, -0.25) is 10.1 Å². The van der Waals surface area contributed by atoms with Gasteiger partial charge >= 0.3 is 6.03 Å². The molecule has 0 spiro atoms. The van der Waals surface area contributed by atoms with Gasteiger partial charge < -0.3 is 11.5 Å². The highest BCUT2D eigenvalue weighted by Crippen LogP contribution is 2.02. The van der Waals surface area contributed by atoms with Crippen LogP contribution in [-0.4, -0.2) is 21.2 Å². The summed E-state index contributed by atoms with van der Waals surface area (Å²) in [4.78, 5) is 13.0. The molecular weight excluding hydrogens is 170 g/mol. The van der Waals surface area contributed by atoms with E-state index in [4.69, 9.17) is 4.79 Å². The Morgan fingerprint density at radius 3 is 2.77 bits per heavy atom. The van der Waals surface area contributed by atoms with Crippen molar-refractivity contribution >= 4 is 17.1 Å². The molecule has 0 aliphatic carbocycles. The molecule has 0 bridgehead atoms. The Kier molecular flexibility index (Phi) is 2.80. The molecule has 0 atom stereocenters. The summed E-state index contributed by atoms with van der Waals surface area (Å²) >= 11 is 0. The SMILES string of the molecule is NC(N)=O.c1cnc2cn[nH]c2c1. The standard InChI is InChI=1S/C6H5N3.CH4N2O/c1-2-5-6(7-3-1)4-8-9-5;2-1(3)4/h1-4H,(H,8,9);(H4,2,3,4). The number of aromatic amines is 1. The van der Waals surface area contributed by atoms with E-state index in [1.165, 1.54) is 0 Å². The number of fused-ring (bicyclic) bond motifs is 1. The second kappa shape index (κ2) is 4.05. The molecule has 0 saturated carbocycles. The molecule has 2 amide bonds.